The Morgan fingerprint density at radius 2 is 1.93 bits per heavy atom. The second-order valence-corrected chi connectivity index (χ2v) is 4.76. The van der Waals surface area contributed by atoms with E-state index in [1.54, 1.807) is 0 Å². The van der Waals surface area contributed by atoms with Gasteiger partial charge >= 0.3 is 5.97 Å². The molecular weight excluding hydrogens is 190 g/mol. The predicted molar refractivity (Wildman–Crippen MR) is 58.5 cm³/mol. The molecule has 3 aliphatic rings. The first-order valence-electron chi connectivity index (χ1n) is 6.17. The summed E-state index contributed by atoms with van der Waals surface area (Å²) >= 11 is 0. The average Bonchev–Trinajstić information content (AvgIpc) is 2.59. The zero-order valence-corrected chi connectivity index (χ0v) is 9.58. The van der Waals surface area contributed by atoms with E-state index in [1.807, 2.05) is 6.92 Å². The molecular formula is C12H21NO2. The zero-order valence-electron chi connectivity index (χ0n) is 9.58. The standard InChI is InChI=1S/C12H21NO2/c1-2-12(14)15-9-11-5-8-13-6-3-10(11)4-7-13/h10-11H,2-9H2,1H3. The van der Waals surface area contributed by atoms with Crippen molar-refractivity contribution in [1.82, 2.24) is 4.90 Å². The fraction of sp³-hybridized carbons (Fsp3) is 0.917. The van der Waals surface area contributed by atoms with Crippen LogP contribution < -0.4 is 0 Å². The summed E-state index contributed by atoms with van der Waals surface area (Å²) in [6.07, 6.45) is 4.31. The highest BCUT2D eigenvalue weighted by atomic mass is 16.5. The largest absolute Gasteiger partial charge is 0.465 e. The Kier molecular flexibility index (Phi) is 3.62. The van der Waals surface area contributed by atoms with Gasteiger partial charge < -0.3 is 9.64 Å². The molecule has 15 heavy (non-hydrogen) atoms. The lowest BCUT2D eigenvalue weighted by Crippen LogP contribution is -2.31. The van der Waals surface area contributed by atoms with Crippen LogP contribution in [0.5, 0.6) is 0 Å². The second-order valence-electron chi connectivity index (χ2n) is 4.76. The lowest BCUT2D eigenvalue weighted by atomic mass is 9.85. The first-order chi connectivity index (χ1) is 7.29. The van der Waals surface area contributed by atoms with Crippen LogP contribution in [0.1, 0.15) is 32.6 Å². The quantitative estimate of drug-likeness (QED) is 0.665. The summed E-state index contributed by atoms with van der Waals surface area (Å²) < 4.78 is 5.28. The maximum Gasteiger partial charge on any atom is 0.305 e. The molecule has 3 heteroatoms. The number of nitrogens with zero attached hydrogens (tertiary/aromatic N) is 1. The summed E-state index contributed by atoms with van der Waals surface area (Å²) in [6, 6.07) is 0. The van der Waals surface area contributed by atoms with Crippen LogP contribution in [0.25, 0.3) is 0 Å². The van der Waals surface area contributed by atoms with E-state index in [1.165, 1.54) is 38.9 Å². The number of piperidine rings is 1. The number of carbonyl (C=O) groups is 1. The summed E-state index contributed by atoms with van der Waals surface area (Å²) in [7, 11) is 0. The van der Waals surface area contributed by atoms with Gasteiger partial charge in [-0.05, 0) is 50.7 Å². The van der Waals surface area contributed by atoms with E-state index in [4.69, 9.17) is 4.74 Å². The molecule has 0 N–H and O–H groups in total. The lowest BCUT2D eigenvalue weighted by molar-refractivity contribution is -0.145. The first-order valence-corrected chi connectivity index (χ1v) is 6.17. The van der Waals surface area contributed by atoms with Gasteiger partial charge in [-0.3, -0.25) is 4.79 Å². The predicted octanol–water partition coefficient (Wildman–Crippen LogP) is 1.67. The molecule has 0 aliphatic carbocycles. The van der Waals surface area contributed by atoms with Crippen molar-refractivity contribution in [2.24, 2.45) is 11.8 Å². The summed E-state index contributed by atoms with van der Waals surface area (Å²) in [6.45, 7) is 6.22. The van der Waals surface area contributed by atoms with Gasteiger partial charge in [0, 0.05) is 6.42 Å². The second kappa shape index (κ2) is 4.97. The van der Waals surface area contributed by atoms with Crippen molar-refractivity contribution in [1.29, 1.82) is 0 Å². The van der Waals surface area contributed by atoms with Crippen LogP contribution in [0.15, 0.2) is 0 Å². The third kappa shape index (κ3) is 2.71. The highest BCUT2D eigenvalue weighted by Crippen LogP contribution is 2.31. The SMILES string of the molecule is CCC(=O)OCC1CCN2CCC1CC2. The minimum absolute atomic E-state index is 0.0471. The molecule has 1 atom stereocenters. The van der Waals surface area contributed by atoms with Gasteiger partial charge in [0.05, 0.1) is 6.61 Å². The van der Waals surface area contributed by atoms with Gasteiger partial charge in [0.15, 0.2) is 0 Å². The molecule has 3 nitrogen and oxygen atoms in total. The monoisotopic (exact) mass is 211 g/mol. The van der Waals surface area contributed by atoms with Crippen molar-refractivity contribution in [3.63, 3.8) is 0 Å². The van der Waals surface area contributed by atoms with Gasteiger partial charge in [0.25, 0.3) is 0 Å². The number of rotatable bonds is 3. The topological polar surface area (TPSA) is 29.5 Å². The smallest absolute Gasteiger partial charge is 0.305 e. The Morgan fingerprint density at radius 3 is 2.60 bits per heavy atom. The molecule has 3 rings (SSSR count). The van der Waals surface area contributed by atoms with Gasteiger partial charge in [-0.15, -0.1) is 0 Å². The van der Waals surface area contributed by atoms with E-state index in [9.17, 15) is 4.79 Å². The number of fused-ring (bicyclic) bond motifs is 4. The molecule has 0 aromatic heterocycles. The number of carbonyl (C=O) groups excluding carboxylic acids is 1. The maximum absolute atomic E-state index is 11.1. The average molecular weight is 211 g/mol. The van der Waals surface area contributed by atoms with Crippen LogP contribution in [-0.4, -0.2) is 37.1 Å². The highest BCUT2D eigenvalue weighted by molar-refractivity contribution is 5.68. The van der Waals surface area contributed by atoms with Crippen LogP contribution in [0.3, 0.4) is 0 Å². The molecule has 0 aromatic rings. The first kappa shape index (κ1) is 10.9. The molecule has 1 unspecified atom stereocenters. The minimum atomic E-state index is -0.0471. The molecule has 0 spiro atoms. The molecule has 3 saturated heterocycles. The Balaban J connectivity index is 1.83. The van der Waals surface area contributed by atoms with Gasteiger partial charge in [-0.25, -0.2) is 0 Å². The molecule has 0 amide bonds. The third-order valence-corrected chi connectivity index (χ3v) is 3.86. The summed E-state index contributed by atoms with van der Waals surface area (Å²) in [4.78, 5) is 13.7. The van der Waals surface area contributed by atoms with Crippen molar-refractivity contribution in [3.05, 3.63) is 0 Å². The molecule has 86 valence electrons. The van der Waals surface area contributed by atoms with Crippen molar-refractivity contribution >= 4 is 5.97 Å². The molecule has 2 bridgehead atoms. The molecule has 3 aliphatic heterocycles. The Morgan fingerprint density at radius 1 is 1.27 bits per heavy atom. The maximum atomic E-state index is 11.1. The van der Waals surface area contributed by atoms with E-state index in [0.717, 1.165) is 5.92 Å². The van der Waals surface area contributed by atoms with Crippen molar-refractivity contribution in [3.8, 4) is 0 Å². The van der Waals surface area contributed by atoms with E-state index >= 15 is 0 Å². The van der Waals surface area contributed by atoms with E-state index in [2.05, 4.69) is 4.90 Å². The number of hydrogen-bond acceptors (Lipinski definition) is 3. The number of ether oxygens (including phenoxy) is 1. The van der Waals surface area contributed by atoms with Crippen molar-refractivity contribution in [2.45, 2.75) is 32.6 Å². The Hall–Kier alpha value is -0.570. The number of hydrogen-bond donors (Lipinski definition) is 0. The number of esters is 1. The van der Waals surface area contributed by atoms with Gasteiger partial charge in [-0.1, -0.05) is 6.92 Å². The van der Waals surface area contributed by atoms with Crippen LogP contribution in [0.2, 0.25) is 0 Å². The van der Waals surface area contributed by atoms with Gasteiger partial charge in [0.1, 0.15) is 0 Å². The van der Waals surface area contributed by atoms with E-state index in [-0.39, 0.29) is 5.97 Å². The van der Waals surface area contributed by atoms with Crippen molar-refractivity contribution in [2.75, 3.05) is 26.2 Å². The normalized spacial score (nSPS) is 34.9. The minimum Gasteiger partial charge on any atom is -0.465 e. The zero-order chi connectivity index (χ0) is 10.7. The van der Waals surface area contributed by atoms with Crippen LogP contribution in [0.4, 0.5) is 0 Å². The Labute approximate surface area is 91.8 Å². The summed E-state index contributed by atoms with van der Waals surface area (Å²) in [5.74, 6) is 1.37. The van der Waals surface area contributed by atoms with Crippen LogP contribution >= 0.6 is 0 Å². The fourth-order valence-electron chi connectivity index (χ4n) is 2.75. The van der Waals surface area contributed by atoms with Gasteiger partial charge in [0.2, 0.25) is 0 Å². The molecule has 0 radical (unpaired) electrons. The fourth-order valence-corrected chi connectivity index (χ4v) is 2.75. The Bertz CT molecular complexity index is 222. The van der Waals surface area contributed by atoms with Crippen molar-refractivity contribution < 1.29 is 9.53 Å². The summed E-state index contributed by atoms with van der Waals surface area (Å²) in [5, 5.41) is 0. The molecule has 3 fully saturated rings. The summed E-state index contributed by atoms with van der Waals surface area (Å²) in [5.41, 5.74) is 0. The highest BCUT2D eigenvalue weighted by Gasteiger charge is 2.31. The lowest BCUT2D eigenvalue weighted by Gasteiger charge is -2.28. The molecule has 0 saturated carbocycles. The third-order valence-electron chi connectivity index (χ3n) is 3.86. The van der Waals surface area contributed by atoms with Crippen LogP contribution in [0, 0.1) is 11.8 Å². The van der Waals surface area contributed by atoms with Crippen LogP contribution in [-0.2, 0) is 9.53 Å². The van der Waals surface area contributed by atoms with E-state index in [0.29, 0.717) is 18.9 Å². The molecule has 3 heterocycles. The van der Waals surface area contributed by atoms with Gasteiger partial charge in [-0.2, -0.15) is 0 Å². The van der Waals surface area contributed by atoms with E-state index < -0.39 is 0 Å². The molecule has 0 aromatic carbocycles.